The third-order valence-electron chi connectivity index (χ3n) is 4.06. The van der Waals surface area contributed by atoms with Crippen molar-refractivity contribution in [2.75, 3.05) is 14.2 Å². The number of fused-ring (bicyclic) bond motifs is 1. The molecule has 0 unspecified atom stereocenters. The highest BCUT2D eigenvalue weighted by atomic mass is 16.5. The number of aromatic nitrogens is 3. The molecule has 0 aliphatic carbocycles. The first-order chi connectivity index (χ1) is 10.7. The third kappa shape index (κ3) is 2.67. The lowest BCUT2D eigenvalue weighted by molar-refractivity contribution is 0.243. The first-order valence-corrected chi connectivity index (χ1v) is 7.30. The van der Waals surface area contributed by atoms with Crippen molar-refractivity contribution in [2.45, 2.75) is 19.5 Å². The van der Waals surface area contributed by atoms with Crippen LogP contribution in [0.2, 0.25) is 0 Å². The Kier molecular flexibility index (Phi) is 4.06. The number of para-hydroxylation sites is 1. The molecule has 0 aliphatic heterocycles. The summed E-state index contributed by atoms with van der Waals surface area (Å²) in [5.41, 5.74) is 3.19. The van der Waals surface area contributed by atoms with Crippen molar-refractivity contribution in [3.05, 3.63) is 60.3 Å². The van der Waals surface area contributed by atoms with Gasteiger partial charge in [0.15, 0.2) is 5.65 Å². The van der Waals surface area contributed by atoms with Crippen molar-refractivity contribution in [2.24, 2.45) is 0 Å². The highest BCUT2D eigenvalue weighted by molar-refractivity contribution is 5.37. The Bertz CT molecular complexity index is 768. The van der Waals surface area contributed by atoms with Crippen LogP contribution in [-0.4, -0.2) is 33.4 Å². The second kappa shape index (κ2) is 6.15. The maximum atomic E-state index is 5.47. The van der Waals surface area contributed by atoms with Crippen molar-refractivity contribution in [1.82, 2.24) is 19.3 Å². The van der Waals surface area contributed by atoms with E-state index in [0.29, 0.717) is 0 Å². The molecule has 2 heterocycles. The summed E-state index contributed by atoms with van der Waals surface area (Å²) in [6, 6.07) is 8.38. The fraction of sp³-hybridized carbons (Fsp3) is 0.294. The van der Waals surface area contributed by atoms with Crippen LogP contribution in [0.5, 0.6) is 5.75 Å². The number of benzene rings is 1. The van der Waals surface area contributed by atoms with E-state index in [4.69, 9.17) is 4.74 Å². The van der Waals surface area contributed by atoms with E-state index in [1.165, 1.54) is 5.56 Å². The van der Waals surface area contributed by atoms with Crippen molar-refractivity contribution in [3.63, 3.8) is 0 Å². The van der Waals surface area contributed by atoms with E-state index < -0.39 is 0 Å². The van der Waals surface area contributed by atoms with Gasteiger partial charge in [-0.25, -0.2) is 4.98 Å². The van der Waals surface area contributed by atoms with E-state index in [1.807, 2.05) is 30.6 Å². The maximum absolute atomic E-state index is 5.47. The predicted octanol–water partition coefficient (Wildman–Crippen LogP) is 2.93. The largest absolute Gasteiger partial charge is 0.496 e. The topological polar surface area (TPSA) is 42.7 Å². The van der Waals surface area contributed by atoms with Gasteiger partial charge in [-0.2, -0.15) is 0 Å². The Morgan fingerprint density at radius 1 is 1.27 bits per heavy atom. The molecule has 22 heavy (non-hydrogen) atoms. The summed E-state index contributed by atoms with van der Waals surface area (Å²) in [4.78, 5) is 10.8. The smallest absolute Gasteiger partial charge is 0.155 e. The van der Waals surface area contributed by atoms with E-state index >= 15 is 0 Å². The zero-order valence-corrected chi connectivity index (χ0v) is 13.1. The van der Waals surface area contributed by atoms with Gasteiger partial charge in [0.1, 0.15) is 5.75 Å². The van der Waals surface area contributed by atoms with Crippen LogP contribution in [-0.2, 0) is 6.54 Å². The molecule has 3 rings (SSSR count). The minimum absolute atomic E-state index is 0.239. The minimum Gasteiger partial charge on any atom is -0.496 e. The summed E-state index contributed by atoms with van der Waals surface area (Å²) in [6.45, 7) is 2.98. The van der Waals surface area contributed by atoms with Gasteiger partial charge in [0.2, 0.25) is 0 Å². The number of rotatable bonds is 5. The lowest BCUT2D eigenvalue weighted by atomic mass is 10.1. The quantitative estimate of drug-likeness (QED) is 0.726. The molecular formula is C17H20N4O. The Morgan fingerprint density at radius 2 is 2.09 bits per heavy atom. The lowest BCUT2D eigenvalue weighted by Gasteiger charge is -2.26. The molecule has 0 N–H and O–H groups in total. The predicted molar refractivity (Wildman–Crippen MR) is 85.9 cm³/mol. The zero-order chi connectivity index (χ0) is 15.5. The summed E-state index contributed by atoms with van der Waals surface area (Å²) in [6.07, 6.45) is 7.40. The van der Waals surface area contributed by atoms with E-state index in [0.717, 1.165) is 23.6 Å². The second-order valence-electron chi connectivity index (χ2n) is 5.39. The molecule has 0 fully saturated rings. The van der Waals surface area contributed by atoms with Crippen molar-refractivity contribution in [1.29, 1.82) is 0 Å². The Morgan fingerprint density at radius 3 is 2.91 bits per heavy atom. The average Bonchev–Trinajstić information content (AvgIpc) is 2.97. The van der Waals surface area contributed by atoms with Crippen molar-refractivity contribution >= 4 is 5.65 Å². The minimum atomic E-state index is 0.239. The molecule has 1 atom stereocenters. The van der Waals surface area contributed by atoms with E-state index in [9.17, 15) is 0 Å². The third-order valence-corrected chi connectivity index (χ3v) is 4.06. The molecule has 0 spiro atoms. The van der Waals surface area contributed by atoms with Gasteiger partial charge < -0.3 is 4.74 Å². The molecule has 0 bridgehead atoms. The molecule has 1 aromatic carbocycles. The summed E-state index contributed by atoms with van der Waals surface area (Å²) < 4.78 is 7.54. The Balaban J connectivity index is 1.83. The summed E-state index contributed by atoms with van der Waals surface area (Å²) in [7, 11) is 3.82. The second-order valence-corrected chi connectivity index (χ2v) is 5.39. The fourth-order valence-corrected chi connectivity index (χ4v) is 2.65. The van der Waals surface area contributed by atoms with Crippen LogP contribution in [0.25, 0.3) is 5.65 Å². The van der Waals surface area contributed by atoms with Gasteiger partial charge in [-0.3, -0.25) is 14.3 Å². The number of imidazole rings is 1. The number of hydrogen-bond acceptors (Lipinski definition) is 4. The van der Waals surface area contributed by atoms with Gasteiger partial charge in [0, 0.05) is 30.5 Å². The van der Waals surface area contributed by atoms with Crippen LogP contribution < -0.4 is 4.74 Å². The molecule has 0 radical (unpaired) electrons. The fourth-order valence-electron chi connectivity index (χ4n) is 2.65. The Labute approximate surface area is 130 Å². The van der Waals surface area contributed by atoms with Crippen LogP contribution in [0.15, 0.2) is 49.1 Å². The van der Waals surface area contributed by atoms with E-state index in [1.54, 1.807) is 19.5 Å². The van der Waals surface area contributed by atoms with Crippen LogP contribution in [0.1, 0.15) is 24.2 Å². The van der Waals surface area contributed by atoms with Crippen molar-refractivity contribution < 1.29 is 4.74 Å². The molecule has 0 aliphatic rings. The molecule has 3 aromatic rings. The molecule has 2 aromatic heterocycles. The highest BCUT2D eigenvalue weighted by Gasteiger charge is 2.17. The molecule has 5 nitrogen and oxygen atoms in total. The number of hydrogen-bond donors (Lipinski definition) is 0. The molecule has 5 heteroatoms. The van der Waals surface area contributed by atoms with Crippen LogP contribution in [0, 0.1) is 0 Å². The SMILES string of the molecule is COc1ccccc1[C@H](C)N(C)Cc1cnc2cnccn12. The lowest BCUT2D eigenvalue weighted by Crippen LogP contribution is -2.23. The molecule has 0 amide bonds. The van der Waals surface area contributed by atoms with Crippen LogP contribution in [0.4, 0.5) is 0 Å². The van der Waals surface area contributed by atoms with Gasteiger partial charge in [-0.1, -0.05) is 18.2 Å². The van der Waals surface area contributed by atoms with Gasteiger partial charge in [-0.05, 0) is 20.0 Å². The van der Waals surface area contributed by atoms with Crippen molar-refractivity contribution in [3.8, 4) is 5.75 Å². The van der Waals surface area contributed by atoms with Gasteiger partial charge in [-0.15, -0.1) is 0 Å². The summed E-state index contributed by atoms with van der Waals surface area (Å²) in [5, 5.41) is 0. The number of nitrogens with zero attached hydrogens (tertiary/aromatic N) is 4. The maximum Gasteiger partial charge on any atom is 0.155 e. The van der Waals surface area contributed by atoms with E-state index in [2.05, 4.69) is 39.3 Å². The standard InChI is InChI=1S/C17H20N4O/c1-13(15-6-4-5-7-16(15)22-3)20(2)12-14-10-19-17-11-18-8-9-21(14)17/h4-11,13H,12H2,1-3H3/t13-/m0/s1. The van der Waals surface area contributed by atoms with Gasteiger partial charge in [0.05, 0.1) is 25.2 Å². The molecule has 114 valence electrons. The average molecular weight is 296 g/mol. The first kappa shape index (κ1) is 14.5. The normalized spacial score (nSPS) is 12.7. The van der Waals surface area contributed by atoms with Crippen LogP contribution >= 0.6 is 0 Å². The van der Waals surface area contributed by atoms with Gasteiger partial charge >= 0.3 is 0 Å². The molecule has 0 saturated carbocycles. The molecule has 0 saturated heterocycles. The monoisotopic (exact) mass is 296 g/mol. The number of ether oxygens (including phenoxy) is 1. The zero-order valence-electron chi connectivity index (χ0n) is 13.1. The van der Waals surface area contributed by atoms with Crippen LogP contribution in [0.3, 0.4) is 0 Å². The summed E-state index contributed by atoms with van der Waals surface area (Å²) >= 11 is 0. The number of methoxy groups -OCH3 is 1. The Hall–Kier alpha value is -2.40. The summed E-state index contributed by atoms with van der Waals surface area (Å²) in [5.74, 6) is 0.921. The first-order valence-electron chi connectivity index (χ1n) is 7.30. The highest BCUT2D eigenvalue weighted by Crippen LogP contribution is 2.28. The molecular weight excluding hydrogens is 276 g/mol. The van der Waals surface area contributed by atoms with Gasteiger partial charge in [0.25, 0.3) is 0 Å². The van der Waals surface area contributed by atoms with E-state index in [-0.39, 0.29) is 6.04 Å².